The van der Waals surface area contributed by atoms with E-state index >= 15 is 0 Å². The van der Waals surface area contributed by atoms with E-state index in [-0.39, 0.29) is 24.3 Å². The smallest absolute Gasteiger partial charge is 0.317 e. The van der Waals surface area contributed by atoms with Gasteiger partial charge in [0, 0.05) is 19.1 Å². The number of hydrogen-bond donors (Lipinski definition) is 1. The molecule has 1 aromatic carbocycles. The first-order valence-electron chi connectivity index (χ1n) is 10.5. The molecular weight excluding hydrogens is 359 g/mol. The zero-order valence-electron chi connectivity index (χ0n) is 16.7. The molecule has 1 aliphatic carbocycles. The fourth-order valence-electron chi connectivity index (χ4n) is 4.98. The molecule has 0 aromatic heterocycles. The van der Waals surface area contributed by atoms with Gasteiger partial charge in [0.2, 0.25) is 5.91 Å². The number of likely N-dealkylation sites (N-methyl/N-ethyl adjacent to an activating group) is 1. The van der Waals surface area contributed by atoms with Gasteiger partial charge in [0.15, 0.2) is 0 Å². The Bertz CT molecular complexity index is 695. The number of nitrogens with zero attached hydrogens (tertiary/aromatic N) is 2. The molecule has 28 heavy (non-hydrogen) atoms. The highest BCUT2D eigenvalue weighted by Crippen LogP contribution is 2.41. The van der Waals surface area contributed by atoms with Gasteiger partial charge in [-0.2, -0.15) is 0 Å². The Morgan fingerprint density at radius 2 is 1.89 bits per heavy atom. The summed E-state index contributed by atoms with van der Waals surface area (Å²) in [5.74, 6) is -0.980. The van der Waals surface area contributed by atoms with Gasteiger partial charge in [0.25, 0.3) is 0 Å². The van der Waals surface area contributed by atoms with Crippen LogP contribution in [0.1, 0.15) is 57.4 Å². The topological polar surface area (TPSA) is 60.9 Å². The van der Waals surface area contributed by atoms with E-state index in [1.54, 1.807) is 6.07 Å². The standard InChI is InChI=1S/C22H31FN2O3/c1-2-24(16-20(26)27)19-9-13-25(14-10-19)21(28)22(11-4-3-5-12-22)17-7-6-8-18(23)15-17/h6-8,15,19H,2-5,9-14,16H2,1H3,(H,26,27). The average molecular weight is 390 g/mol. The van der Waals surface area contributed by atoms with Crippen molar-refractivity contribution in [2.24, 2.45) is 0 Å². The van der Waals surface area contributed by atoms with Crippen molar-refractivity contribution in [1.82, 2.24) is 9.80 Å². The molecule has 0 unspecified atom stereocenters. The first-order chi connectivity index (χ1) is 13.5. The molecule has 1 aliphatic heterocycles. The van der Waals surface area contributed by atoms with Crippen LogP contribution in [-0.4, -0.2) is 59.0 Å². The molecule has 1 N–H and O–H groups in total. The number of carboxylic acid groups (broad SMARTS) is 1. The van der Waals surface area contributed by atoms with Crippen molar-refractivity contribution in [1.29, 1.82) is 0 Å². The van der Waals surface area contributed by atoms with Gasteiger partial charge in [-0.3, -0.25) is 14.5 Å². The summed E-state index contributed by atoms with van der Waals surface area (Å²) in [5.41, 5.74) is 0.194. The monoisotopic (exact) mass is 390 g/mol. The van der Waals surface area contributed by atoms with Gasteiger partial charge >= 0.3 is 5.97 Å². The number of halogens is 1. The molecule has 1 aromatic rings. The zero-order valence-corrected chi connectivity index (χ0v) is 16.7. The van der Waals surface area contributed by atoms with Gasteiger partial charge < -0.3 is 10.0 Å². The van der Waals surface area contributed by atoms with Gasteiger partial charge in [-0.1, -0.05) is 38.3 Å². The van der Waals surface area contributed by atoms with Gasteiger partial charge in [0.05, 0.1) is 12.0 Å². The van der Waals surface area contributed by atoms with Gasteiger partial charge in [-0.15, -0.1) is 0 Å². The Balaban J connectivity index is 1.74. The summed E-state index contributed by atoms with van der Waals surface area (Å²) in [7, 11) is 0. The number of aliphatic carboxylic acids is 1. The molecule has 2 fully saturated rings. The number of benzene rings is 1. The summed E-state index contributed by atoms with van der Waals surface area (Å²) in [6, 6.07) is 6.75. The minimum absolute atomic E-state index is 0.0440. The van der Waals surface area contributed by atoms with Crippen molar-refractivity contribution in [3.05, 3.63) is 35.6 Å². The highest BCUT2D eigenvalue weighted by molar-refractivity contribution is 5.88. The molecule has 0 spiro atoms. The number of hydrogen-bond acceptors (Lipinski definition) is 3. The molecule has 3 rings (SSSR count). The summed E-state index contributed by atoms with van der Waals surface area (Å²) in [5, 5.41) is 9.10. The Morgan fingerprint density at radius 3 is 2.46 bits per heavy atom. The van der Waals surface area contributed by atoms with Crippen molar-refractivity contribution in [3.63, 3.8) is 0 Å². The molecule has 1 saturated carbocycles. The highest BCUT2D eigenvalue weighted by atomic mass is 19.1. The number of likely N-dealkylation sites (tertiary alicyclic amines) is 1. The van der Waals surface area contributed by atoms with Gasteiger partial charge in [-0.25, -0.2) is 4.39 Å². The number of amides is 1. The van der Waals surface area contributed by atoms with Crippen LogP contribution >= 0.6 is 0 Å². The summed E-state index contributed by atoms with van der Waals surface area (Å²) >= 11 is 0. The molecule has 5 nitrogen and oxygen atoms in total. The number of piperidine rings is 1. The molecule has 0 bridgehead atoms. The molecule has 1 heterocycles. The summed E-state index contributed by atoms with van der Waals surface area (Å²) in [6.45, 7) is 3.98. The lowest BCUT2D eigenvalue weighted by Crippen LogP contribution is -2.53. The van der Waals surface area contributed by atoms with Crippen LogP contribution in [0.25, 0.3) is 0 Å². The molecule has 1 amide bonds. The number of carboxylic acids is 1. The quantitative estimate of drug-likeness (QED) is 0.809. The Labute approximate surface area is 166 Å². The van der Waals surface area contributed by atoms with E-state index in [0.29, 0.717) is 19.6 Å². The van der Waals surface area contributed by atoms with E-state index in [4.69, 9.17) is 5.11 Å². The van der Waals surface area contributed by atoms with Gasteiger partial charge in [0.1, 0.15) is 5.82 Å². The highest BCUT2D eigenvalue weighted by Gasteiger charge is 2.44. The maximum Gasteiger partial charge on any atom is 0.317 e. The van der Waals surface area contributed by atoms with Crippen molar-refractivity contribution >= 4 is 11.9 Å². The SMILES string of the molecule is CCN(CC(=O)O)C1CCN(C(=O)C2(c3cccc(F)c3)CCCCC2)CC1. The Kier molecular flexibility index (Phi) is 6.70. The van der Waals surface area contributed by atoms with E-state index < -0.39 is 11.4 Å². The molecule has 1 saturated heterocycles. The molecular formula is C22H31FN2O3. The van der Waals surface area contributed by atoms with E-state index in [1.165, 1.54) is 12.1 Å². The van der Waals surface area contributed by atoms with Crippen LogP contribution in [0.5, 0.6) is 0 Å². The number of carbonyl (C=O) groups excluding carboxylic acids is 1. The van der Waals surface area contributed by atoms with E-state index in [1.807, 2.05) is 22.8 Å². The first-order valence-corrected chi connectivity index (χ1v) is 10.5. The van der Waals surface area contributed by atoms with Gasteiger partial charge in [-0.05, 0) is 49.9 Å². The maximum absolute atomic E-state index is 13.9. The number of carbonyl (C=O) groups is 2. The van der Waals surface area contributed by atoms with E-state index in [2.05, 4.69) is 0 Å². The zero-order chi connectivity index (χ0) is 20.1. The minimum atomic E-state index is -0.812. The minimum Gasteiger partial charge on any atom is -0.480 e. The maximum atomic E-state index is 13.9. The lowest BCUT2D eigenvalue weighted by Gasteiger charge is -2.44. The lowest BCUT2D eigenvalue weighted by atomic mass is 9.68. The fraction of sp³-hybridized carbons (Fsp3) is 0.636. The molecule has 2 aliphatic rings. The summed E-state index contributed by atoms with van der Waals surface area (Å²) < 4.78 is 13.9. The normalized spacial score (nSPS) is 20.3. The Morgan fingerprint density at radius 1 is 1.21 bits per heavy atom. The third-order valence-corrected chi connectivity index (χ3v) is 6.51. The van der Waals surface area contributed by atoms with Crippen molar-refractivity contribution in [2.45, 2.75) is 63.3 Å². The van der Waals surface area contributed by atoms with E-state index in [9.17, 15) is 14.0 Å². The second-order valence-corrected chi connectivity index (χ2v) is 8.13. The third-order valence-electron chi connectivity index (χ3n) is 6.51. The van der Waals surface area contributed by atoms with Crippen molar-refractivity contribution < 1.29 is 19.1 Å². The van der Waals surface area contributed by atoms with E-state index in [0.717, 1.165) is 50.5 Å². The summed E-state index contributed by atoms with van der Waals surface area (Å²) in [6.07, 6.45) is 6.21. The lowest BCUT2D eigenvalue weighted by molar-refractivity contribution is -0.143. The van der Waals surface area contributed by atoms with Crippen LogP contribution in [0.2, 0.25) is 0 Å². The predicted octanol–water partition coefficient (Wildman–Crippen LogP) is 3.43. The second kappa shape index (κ2) is 9.03. The second-order valence-electron chi connectivity index (χ2n) is 8.13. The predicted molar refractivity (Wildman–Crippen MR) is 106 cm³/mol. The average Bonchev–Trinajstić information content (AvgIpc) is 2.72. The van der Waals surface area contributed by atoms with Crippen LogP contribution in [0.4, 0.5) is 4.39 Å². The van der Waals surface area contributed by atoms with Crippen LogP contribution in [-0.2, 0) is 15.0 Å². The van der Waals surface area contributed by atoms with Crippen LogP contribution in [0.15, 0.2) is 24.3 Å². The van der Waals surface area contributed by atoms with Crippen LogP contribution in [0.3, 0.4) is 0 Å². The summed E-state index contributed by atoms with van der Waals surface area (Å²) in [4.78, 5) is 28.6. The van der Waals surface area contributed by atoms with Crippen molar-refractivity contribution in [3.8, 4) is 0 Å². The fourth-order valence-corrected chi connectivity index (χ4v) is 4.98. The molecule has 6 heteroatoms. The third kappa shape index (κ3) is 4.37. The first kappa shape index (κ1) is 20.8. The molecule has 0 atom stereocenters. The number of rotatable bonds is 6. The van der Waals surface area contributed by atoms with Crippen molar-refractivity contribution in [2.75, 3.05) is 26.2 Å². The van der Waals surface area contributed by atoms with Crippen LogP contribution < -0.4 is 0 Å². The molecule has 154 valence electrons. The Hall–Kier alpha value is -1.95. The van der Waals surface area contributed by atoms with Crippen LogP contribution in [0, 0.1) is 5.82 Å². The molecule has 0 radical (unpaired) electrons. The largest absolute Gasteiger partial charge is 0.480 e.